The lowest BCUT2D eigenvalue weighted by atomic mass is 9.88. The number of ketones is 1. The summed E-state index contributed by atoms with van der Waals surface area (Å²) in [7, 11) is 0. The summed E-state index contributed by atoms with van der Waals surface area (Å²) in [6, 6.07) is 8.29. The Morgan fingerprint density at radius 3 is 2.57 bits per heavy atom. The van der Waals surface area contributed by atoms with Crippen LogP contribution in [-0.4, -0.2) is 45.5 Å². The molecule has 2 aromatic heterocycles. The number of benzene rings is 1. The molecule has 0 unspecified atom stereocenters. The van der Waals surface area contributed by atoms with Gasteiger partial charge in [-0.2, -0.15) is 0 Å². The smallest absolute Gasteiger partial charge is 0.147 e. The van der Waals surface area contributed by atoms with E-state index in [0.717, 1.165) is 64.5 Å². The molecule has 1 aliphatic rings. The van der Waals surface area contributed by atoms with E-state index >= 15 is 0 Å². The van der Waals surface area contributed by atoms with Crippen LogP contribution in [0.2, 0.25) is 0 Å². The van der Waals surface area contributed by atoms with Gasteiger partial charge in [0.2, 0.25) is 0 Å². The van der Waals surface area contributed by atoms with Crippen molar-refractivity contribution in [1.82, 2.24) is 20.1 Å². The molecule has 0 N–H and O–H groups in total. The number of aryl methyl sites for hydroxylation is 1. The van der Waals surface area contributed by atoms with E-state index in [1.165, 1.54) is 0 Å². The van der Waals surface area contributed by atoms with Crippen molar-refractivity contribution in [3.8, 4) is 10.6 Å². The number of hydrogen-bond donors (Lipinski definition) is 0. The summed E-state index contributed by atoms with van der Waals surface area (Å²) in [5, 5.41) is 12.4. The van der Waals surface area contributed by atoms with E-state index in [9.17, 15) is 4.79 Å². The van der Waals surface area contributed by atoms with Crippen molar-refractivity contribution in [2.75, 3.05) is 19.6 Å². The van der Waals surface area contributed by atoms with Gasteiger partial charge >= 0.3 is 0 Å². The molecule has 3 aromatic rings. The van der Waals surface area contributed by atoms with E-state index < -0.39 is 0 Å². The van der Waals surface area contributed by atoms with Crippen molar-refractivity contribution < 1.29 is 4.79 Å². The summed E-state index contributed by atoms with van der Waals surface area (Å²) in [4.78, 5) is 20.0. The summed E-state index contributed by atoms with van der Waals surface area (Å²) in [5.41, 5.74) is 2.22. The molecule has 1 aromatic carbocycles. The summed E-state index contributed by atoms with van der Waals surface area (Å²) >= 11 is 1.59. The lowest BCUT2D eigenvalue weighted by Crippen LogP contribution is -2.40. The highest BCUT2D eigenvalue weighted by atomic mass is 32.1. The summed E-state index contributed by atoms with van der Waals surface area (Å²) in [6.45, 7) is 11.9. The SMILES string of the molecule is Cc1nnc(-c2ccc3cnc(CC(=O)C4CCN(CC(C)(C)C)CC4)cc3c2)s1. The van der Waals surface area contributed by atoms with Gasteiger partial charge in [-0.05, 0) is 55.8 Å². The number of carbonyl (C=O) groups is 1. The normalized spacial score (nSPS) is 16.3. The highest BCUT2D eigenvalue weighted by Gasteiger charge is 2.27. The highest BCUT2D eigenvalue weighted by Crippen LogP contribution is 2.28. The standard InChI is InChI=1S/C24H30N4OS/c1-16-26-27-23(30-16)18-5-6-19-14-25-21(12-20(19)11-18)13-22(29)17-7-9-28(10-8-17)15-24(2,3)4/h5-6,11-12,14,17H,7-10,13,15H2,1-4H3. The Hall–Kier alpha value is -2.18. The molecule has 0 atom stereocenters. The number of piperidine rings is 1. The Balaban J connectivity index is 1.43. The van der Waals surface area contributed by atoms with Crippen molar-refractivity contribution in [3.63, 3.8) is 0 Å². The predicted molar refractivity (Wildman–Crippen MR) is 123 cm³/mol. The average Bonchev–Trinajstić information content (AvgIpc) is 3.13. The molecule has 6 heteroatoms. The first-order chi connectivity index (χ1) is 14.3. The Kier molecular flexibility index (Phi) is 5.98. The van der Waals surface area contributed by atoms with Crippen LogP contribution in [0.5, 0.6) is 0 Å². The zero-order valence-corrected chi connectivity index (χ0v) is 19.1. The van der Waals surface area contributed by atoms with Gasteiger partial charge in [-0.3, -0.25) is 9.78 Å². The van der Waals surface area contributed by atoms with E-state index in [-0.39, 0.29) is 5.92 Å². The van der Waals surface area contributed by atoms with Crippen LogP contribution in [0.15, 0.2) is 30.5 Å². The number of rotatable bonds is 5. The maximum absolute atomic E-state index is 12.9. The largest absolute Gasteiger partial charge is 0.303 e. The van der Waals surface area contributed by atoms with Gasteiger partial charge in [0.1, 0.15) is 15.8 Å². The minimum absolute atomic E-state index is 0.161. The molecule has 1 saturated heterocycles. The zero-order valence-electron chi connectivity index (χ0n) is 18.3. The molecule has 1 fully saturated rings. The predicted octanol–water partition coefficient (Wildman–Crippen LogP) is 4.93. The molecule has 0 radical (unpaired) electrons. The van der Waals surface area contributed by atoms with Crippen LogP contribution >= 0.6 is 11.3 Å². The number of aromatic nitrogens is 3. The van der Waals surface area contributed by atoms with Gasteiger partial charge < -0.3 is 4.90 Å². The number of nitrogens with zero attached hydrogens (tertiary/aromatic N) is 4. The zero-order chi connectivity index (χ0) is 21.3. The molecule has 1 aliphatic heterocycles. The van der Waals surface area contributed by atoms with E-state index in [2.05, 4.69) is 65.1 Å². The third kappa shape index (κ3) is 5.10. The molecule has 0 spiro atoms. The van der Waals surface area contributed by atoms with Gasteiger partial charge in [-0.15, -0.1) is 10.2 Å². The maximum atomic E-state index is 12.9. The molecule has 0 saturated carbocycles. The number of pyridine rings is 1. The van der Waals surface area contributed by atoms with Crippen LogP contribution in [0.3, 0.4) is 0 Å². The Labute approximate surface area is 182 Å². The second-order valence-electron chi connectivity index (χ2n) is 9.62. The maximum Gasteiger partial charge on any atom is 0.147 e. The van der Waals surface area contributed by atoms with Crippen LogP contribution in [0, 0.1) is 18.3 Å². The number of fused-ring (bicyclic) bond motifs is 1. The summed E-state index contributed by atoms with van der Waals surface area (Å²) < 4.78 is 0. The van der Waals surface area contributed by atoms with Crippen LogP contribution < -0.4 is 0 Å². The fourth-order valence-corrected chi connectivity index (χ4v) is 4.92. The first-order valence-corrected chi connectivity index (χ1v) is 11.5. The van der Waals surface area contributed by atoms with Crippen LogP contribution in [-0.2, 0) is 11.2 Å². The summed E-state index contributed by atoms with van der Waals surface area (Å²) in [6.07, 6.45) is 4.22. The molecule has 3 heterocycles. The number of likely N-dealkylation sites (tertiary alicyclic amines) is 1. The van der Waals surface area contributed by atoms with E-state index in [4.69, 9.17) is 0 Å². The highest BCUT2D eigenvalue weighted by molar-refractivity contribution is 7.14. The molecule has 0 bridgehead atoms. The van der Waals surface area contributed by atoms with Crippen molar-refractivity contribution in [2.24, 2.45) is 11.3 Å². The molecule has 158 valence electrons. The fourth-order valence-electron chi connectivity index (χ4n) is 4.24. The quantitative estimate of drug-likeness (QED) is 0.583. The van der Waals surface area contributed by atoms with E-state index in [1.807, 2.05) is 13.1 Å². The Morgan fingerprint density at radius 1 is 1.13 bits per heavy atom. The molecule has 4 rings (SSSR count). The third-order valence-corrected chi connectivity index (χ3v) is 6.54. The first kappa shape index (κ1) is 21.1. The average molecular weight is 423 g/mol. The second-order valence-corrected chi connectivity index (χ2v) is 10.8. The molecule has 30 heavy (non-hydrogen) atoms. The molecule has 0 aliphatic carbocycles. The number of hydrogen-bond acceptors (Lipinski definition) is 6. The van der Waals surface area contributed by atoms with Gasteiger partial charge in [-0.1, -0.05) is 44.2 Å². The molecular formula is C24H30N4OS. The van der Waals surface area contributed by atoms with Crippen molar-refractivity contribution in [3.05, 3.63) is 41.2 Å². The number of carbonyl (C=O) groups excluding carboxylic acids is 1. The van der Waals surface area contributed by atoms with Crippen LogP contribution in [0.4, 0.5) is 0 Å². The van der Waals surface area contributed by atoms with Crippen molar-refractivity contribution in [2.45, 2.75) is 47.0 Å². The van der Waals surface area contributed by atoms with Crippen LogP contribution in [0.1, 0.15) is 44.3 Å². The van der Waals surface area contributed by atoms with E-state index in [1.54, 1.807) is 11.3 Å². The van der Waals surface area contributed by atoms with Gasteiger partial charge in [0, 0.05) is 41.7 Å². The monoisotopic (exact) mass is 422 g/mol. The van der Waals surface area contributed by atoms with Gasteiger partial charge in [0.05, 0.1) is 0 Å². The molecular weight excluding hydrogens is 392 g/mol. The minimum Gasteiger partial charge on any atom is -0.303 e. The Bertz CT molecular complexity index is 1040. The van der Waals surface area contributed by atoms with Gasteiger partial charge in [0.25, 0.3) is 0 Å². The van der Waals surface area contributed by atoms with E-state index in [0.29, 0.717) is 17.6 Å². The third-order valence-electron chi connectivity index (χ3n) is 5.65. The molecule has 0 amide bonds. The minimum atomic E-state index is 0.161. The second kappa shape index (κ2) is 8.52. The number of Topliss-reactive ketones (excluding diaryl/α,β-unsaturated/α-hetero) is 1. The lowest BCUT2D eigenvalue weighted by molar-refractivity contribution is -0.123. The lowest BCUT2D eigenvalue weighted by Gasteiger charge is -2.35. The topological polar surface area (TPSA) is 59.0 Å². The molecule has 5 nitrogen and oxygen atoms in total. The first-order valence-electron chi connectivity index (χ1n) is 10.7. The van der Waals surface area contributed by atoms with Crippen molar-refractivity contribution in [1.29, 1.82) is 0 Å². The summed E-state index contributed by atoms with van der Waals surface area (Å²) in [5.74, 6) is 0.488. The van der Waals surface area contributed by atoms with Crippen LogP contribution in [0.25, 0.3) is 21.3 Å². The Morgan fingerprint density at radius 2 is 1.90 bits per heavy atom. The van der Waals surface area contributed by atoms with Gasteiger partial charge in [-0.25, -0.2) is 0 Å². The van der Waals surface area contributed by atoms with Gasteiger partial charge in [0.15, 0.2) is 0 Å². The van der Waals surface area contributed by atoms with Crippen molar-refractivity contribution >= 4 is 27.9 Å². The fraction of sp³-hybridized carbons (Fsp3) is 0.500.